The number of aromatic amines is 2. The van der Waals surface area contributed by atoms with Gasteiger partial charge in [0.05, 0.1) is 10.8 Å². The number of halogens is 4. The van der Waals surface area contributed by atoms with E-state index in [0.29, 0.717) is 44.3 Å². The molecular formula is C32H14Cl4N8NiO8S4. The third-order valence-electron chi connectivity index (χ3n) is 8.79. The van der Waals surface area contributed by atoms with Gasteiger partial charge in [0.2, 0.25) is 0 Å². The van der Waals surface area contributed by atoms with Gasteiger partial charge in [-0.15, -0.1) is 0 Å². The maximum Gasteiger partial charge on any atom is 0.264 e. The molecule has 2 aliphatic heterocycles. The van der Waals surface area contributed by atoms with Crippen molar-refractivity contribution in [3.8, 4) is 45.6 Å². The molecule has 0 saturated carbocycles. The molecule has 0 spiro atoms. The minimum Gasteiger partial charge on any atom is -0.324 e. The van der Waals surface area contributed by atoms with Gasteiger partial charge in [-0.05, 0) is 0 Å². The van der Waals surface area contributed by atoms with E-state index in [1.54, 1.807) is 48.5 Å². The zero-order valence-corrected chi connectivity index (χ0v) is 34.6. The number of benzene rings is 4. The normalized spacial score (nSPS) is 13.0. The van der Waals surface area contributed by atoms with Crippen LogP contribution in [0.2, 0.25) is 0 Å². The first-order valence-electron chi connectivity index (χ1n) is 15.4. The van der Waals surface area contributed by atoms with Crippen LogP contribution in [0.5, 0.6) is 0 Å². The van der Waals surface area contributed by atoms with E-state index in [9.17, 15) is 33.7 Å². The smallest absolute Gasteiger partial charge is 0.264 e. The van der Waals surface area contributed by atoms with Crippen molar-refractivity contribution in [1.29, 1.82) is 0 Å². The van der Waals surface area contributed by atoms with Crippen LogP contribution >= 0.6 is 42.7 Å². The average molecular weight is 967 g/mol. The van der Waals surface area contributed by atoms with Crippen LogP contribution < -0.4 is 0 Å². The summed E-state index contributed by atoms with van der Waals surface area (Å²) in [5, 5.41) is -0.436. The van der Waals surface area contributed by atoms with E-state index in [1.165, 1.54) is 0 Å². The largest absolute Gasteiger partial charge is 0.324 e. The van der Waals surface area contributed by atoms with Gasteiger partial charge >= 0.3 is 0 Å². The quantitative estimate of drug-likeness (QED) is 0.140. The SMILES string of the molecule is O=S(=O)(Cl)c1c(S(=O)(=O)Cl)c(S(=O)(=O)Cl)c2c3nc4nc(nc5[nH]c(nc6nc(nc([nH]3)c2c1S(=O)(=O)Cl)-c1ccccc1-6)c1ccccc51)-c1ccccc1-4.[Ni]. The Hall–Kier alpha value is -4.31. The average Bonchev–Trinajstić information content (AvgIpc) is 3.84. The number of hydrogen-bond acceptors (Lipinski definition) is 14. The number of H-pyrrole nitrogens is 2. The molecule has 2 N–H and O–H groups in total. The second-order valence-corrected chi connectivity index (χ2v) is 22.1. The first-order valence-corrected chi connectivity index (χ1v) is 24.7. The molecule has 2 aliphatic rings. The van der Waals surface area contributed by atoms with E-state index in [-0.39, 0.29) is 39.8 Å². The van der Waals surface area contributed by atoms with Crippen molar-refractivity contribution in [2.45, 2.75) is 19.6 Å². The van der Waals surface area contributed by atoms with Gasteiger partial charge in [0.15, 0.2) is 23.3 Å². The molecule has 0 saturated heterocycles. The van der Waals surface area contributed by atoms with Gasteiger partial charge in [0.1, 0.15) is 42.2 Å². The Morgan fingerprint density at radius 1 is 0.368 bits per heavy atom. The van der Waals surface area contributed by atoms with Crippen molar-refractivity contribution in [3.63, 3.8) is 0 Å². The first-order chi connectivity index (χ1) is 26.3. The van der Waals surface area contributed by atoms with Crippen molar-refractivity contribution in [3.05, 3.63) is 72.8 Å². The van der Waals surface area contributed by atoms with Gasteiger partial charge in [-0.1, -0.05) is 72.8 Å². The molecule has 5 heterocycles. The molecule has 0 radical (unpaired) electrons. The van der Waals surface area contributed by atoms with E-state index >= 15 is 0 Å². The Labute approximate surface area is 348 Å². The number of nitrogens with zero attached hydrogens (tertiary/aromatic N) is 6. The minimum atomic E-state index is -5.56. The van der Waals surface area contributed by atoms with Crippen molar-refractivity contribution in [2.75, 3.05) is 0 Å². The van der Waals surface area contributed by atoms with E-state index < -0.39 is 77.9 Å². The molecule has 0 fully saturated rings. The summed E-state index contributed by atoms with van der Waals surface area (Å²) >= 11 is 0. The number of fused-ring (bicyclic) bond motifs is 20. The van der Waals surface area contributed by atoms with Crippen LogP contribution in [-0.2, 0) is 52.7 Å². The van der Waals surface area contributed by atoms with Gasteiger partial charge in [-0.3, -0.25) is 0 Å². The van der Waals surface area contributed by atoms with Crippen LogP contribution in [0.3, 0.4) is 0 Å². The van der Waals surface area contributed by atoms with Gasteiger partial charge in [0.25, 0.3) is 36.2 Å². The van der Waals surface area contributed by atoms with E-state index in [0.717, 1.165) is 0 Å². The second kappa shape index (κ2) is 13.4. The van der Waals surface area contributed by atoms with Crippen LogP contribution in [0.15, 0.2) is 92.4 Å². The number of hydrogen-bond donors (Lipinski definition) is 2. The van der Waals surface area contributed by atoms with Crippen molar-refractivity contribution >= 4 is 123 Å². The predicted octanol–water partition coefficient (Wildman–Crippen LogP) is 6.58. The molecule has 16 nitrogen and oxygen atoms in total. The summed E-state index contributed by atoms with van der Waals surface area (Å²) in [6.45, 7) is 0. The van der Waals surface area contributed by atoms with Gasteiger partial charge in [0, 0.05) is 92.2 Å². The monoisotopic (exact) mass is 964 g/mol. The summed E-state index contributed by atoms with van der Waals surface area (Å²) in [6, 6.07) is 20.6. The standard InChI is InChI=1S/C32H14Cl4N8O8S4.Ni/c33-53(45,46)21-19-20(22(54(34,47)48)24(56(36,51)52)23(21)55(35,49)50)32-43-30-18-12-6-4-10-16(18)28(41-30)39-26-14-8-2-1-7-13(14)25(37-26)38-27-15-9-3-5-11-17(15)29(40-27)42-31(19)44-32;/h1-12H,(H2,37,38,39,40,41,42,43,44);. The Kier molecular flexibility index (Phi) is 9.27. The summed E-state index contributed by atoms with van der Waals surface area (Å²) < 4.78 is 107. The number of nitrogens with one attached hydrogen (secondary N) is 2. The Balaban J connectivity index is 0.00000455. The summed E-state index contributed by atoms with van der Waals surface area (Å²) in [5.41, 5.74) is 1.07. The minimum absolute atomic E-state index is 0. The van der Waals surface area contributed by atoms with Crippen molar-refractivity contribution in [1.82, 2.24) is 39.9 Å². The molecule has 4 aromatic carbocycles. The molecular weight excluding hydrogens is 953 g/mol. The van der Waals surface area contributed by atoms with Gasteiger partial charge in [-0.2, -0.15) is 0 Å². The summed E-state index contributed by atoms with van der Waals surface area (Å²) in [4.78, 5) is 27.3. The van der Waals surface area contributed by atoms with Crippen LogP contribution in [0.4, 0.5) is 0 Å². The molecule has 0 atom stereocenters. The third-order valence-corrected chi connectivity index (χ3v) is 14.6. The van der Waals surface area contributed by atoms with Crippen LogP contribution in [0.1, 0.15) is 0 Å². The summed E-state index contributed by atoms with van der Waals surface area (Å²) in [5.74, 6) is -0.0328. The Morgan fingerprint density at radius 3 is 0.930 bits per heavy atom. The van der Waals surface area contributed by atoms with E-state index in [1.807, 2.05) is 24.3 Å². The molecule has 7 aromatic rings. The Morgan fingerprint density at radius 2 is 0.632 bits per heavy atom. The number of aromatic nitrogens is 8. The molecule has 8 bridgehead atoms. The van der Waals surface area contributed by atoms with Gasteiger partial charge in [-0.25, -0.2) is 63.6 Å². The maximum absolute atomic E-state index is 13.5. The first kappa shape index (κ1) is 39.5. The molecule has 25 heteroatoms. The zero-order valence-electron chi connectivity index (χ0n) is 27.3. The molecule has 0 unspecified atom stereocenters. The van der Waals surface area contributed by atoms with Crippen LogP contribution in [-0.4, -0.2) is 73.5 Å². The molecule has 9 rings (SSSR count). The van der Waals surface area contributed by atoms with Crippen LogP contribution in [0, 0.1) is 0 Å². The van der Waals surface area contributed by atoms with E-state index in [2.05, 4.69) is 29.9 Å². The Bertz CT molecular complexity index is 3390. The van der Waals surface area contributed by atoms with Crippen LogP contribution in [0.25, 0.3) is 89.7 Å². The van der Waals surface area contributed by atoms with Crippen molar-refractivity contribution in [2.24, 2.45) is 0 Å². The predicted molar refractivity (Wildman–Crippen MR) is 208 cm³/mol. The summed E-state index contributed by atoms with van der Waals surface area (Å²) in [7, 11) is 1.17. The van der Waals surface area contributed by atoms with E-state index in [4.69, 9.17) is 52.7 Å². The topological polar surface area (TPSA) is 245 Å². The fraction of sp³-hybridized carbons (Fsp3) is 0. The van der Waals surface area contributed by atoms with Crippen molar-refractivity contribution < 1.29 is 50.2 Å². The number of rotatable bonds is 4. The molecule has 3 aromatic heterocycles. The second-order valence-electron chi connectivity index (χ2n) is 12.1. The molecule has 57 heavy (non-hydrogen) atoms. The molecule has 0 amide bonds. The fourth-order valence-corrected chi connectivity index (χ4v) is 14.3. The molecule has 0 aliphatic carbocycles. The third kappa shape index (κ3) is 6.45. The maximum atomic E-state index is 13.5. The summed E-state index contributed by atoms with van der Waals surface area (Å²) in [6.07, 6.45) is 0. The van der Waals surface area contributed by atoms with Gasteiger partial charge < -0.3 is 9.97 Å². The fourth-order valence-electron chi connectivity index (χ4n) is 6.70. The zero-order chi connectivity index (χ0) is 39.7. The molecule has 292 valence electrons.